The van der Waals surface area contributed by atoms with Gasteiger partial charge in [-0.15, -0.1) is 0 Å². The number of rotatable bonds is 8. The van der Waals surface area contributed by atoms with Crippen LogP contribution < -0.4 is 4.72 Å². The maximum Gasteiger partial charge on any atom is 0.261 e. The minimum absolute atomic E-state index is 0.289. The molecule has 4 heteroatoms. The molecule has 0 aliphatic heterocycles. The molecule has 0 spiro atoms. The number of hydrogen-bond donors (Lipinski definition) is 1. The van der Waals surface area contributed by atoms with Gasteiger partial charge in [-0.05, 0) is 78.1 Å². The number of hydrogen-bond acceptors (Lipinski definition) is 2. The Kier molecular flexibility index (Phi) is 6.96. The number of benzene rings is 3. The number of anilines is 1. The molecule has 1 N–H and O–H groups in total. The molecule has 1 aliphatic rings. The number of nitrogens with one attached hydrogen (secondary N) is 1. The lowest BCUT2D eigenvalue weighted by Gasteiger charge is -2.29. The Hall–Kier alpha value is -2.33. The lowest BCUT2D eigenvalue weighted by atomic mass is 9.77. The summed E-state index contributed by atoms with van der Waals surface area (Å²) < 4.78 is 28.5. The van der Waals surface area contributed by atoms with Gasteiger partial charge in [0.15, 0.2) is 0 Å². The number of sulfonamides is 1. The fraction of sp³-hybridized carbons (Fsp3) is 0.407. The molecule has 0 amide bonds. The normalized spacial score (nSPS) is 19.4. The van der Waals surface area contributed by atoms with E-state index in [1.165, 1.54) is 56.9 Å². The molecule has 164 valence electrons. The predicted octanol–water partition coefficient (Wildman–Crippen LogP) is 7.49. The summed E-state index contributed by atoms with van der Waals surface area (Å²) in [5.74, 6) is 1.50. The van der Waals surface area contributed by atoms with E-state index in [1.807, 2.05) is 42.5 Å². The first-order valence-electron chi connectivity index (χ1n) is 11.7. The topological polar surface area (TPSA) is 46.2 Å². The lowest BCUT2D eigenvalue weighted by Crippen LogP contribution is -2.14. The molecule has 1 aliphatic carbocycles. The largest absolute Gasteiger partial charge is 0.280 e. The first kappa shape index (κ1) is 21.9. The molecule has 0 radical (unpaired) electrons. The van der Waals surface area contributed by atoms with E-state index < -0.39 is 10.0 Å². The van der Waals surface area contributed by atoms with Gasteiger partial charge in [-0.3, -0.25) is 4.72 Å². The highest BCUT2D eigenvalue weighted by atomic mass is 32.2. The predicted molar refractivity (Wildman–Crippen MR) is 130 cm³/mol. The highest BCUT2D eigenvalue weighted by Gasteiger charge is 2.22. The van der Waals surface area contributed by atoms with E-state index >= 15 is 0 Å². The third-order valence-corrected chi connectivity index (χ3v) is 8.11. The molecule has 3 aromatic rings. The van der Waals surface area contributed by atoms with Gasteiger partial charge in [0.05, 0.1) is 4.90 Å². The van der Waals surface area contributed by atoms with Crippen LogP contribution in [0.5, 0.6) is 0 Å². The van der Waals surface area contributed by atoms with Crippen LogP contribution in [0.1, 0.15) is 69.8 Å². The van der Waals surface area contributed by atoms with Crippen LogP contribution in [0.4, 0.5) is 5.69 Å². The maximum absolute atomic E-state index is 12.9. The molecule has 0 heterocycles. The van der Waals surface area contributed by atoms with Crippen molar-refractivity contribution in [1.82, 2.24) is 0 Å². The molecule has 0 atom stereocenters. The second-order valence-electron chi connectivity index (χ2n) is 8.95. The summed E-state index contributed by atoms with van der Waals surface area (Å²) >= 11 is 0. The molecule has 4 rings (SSSR count). The van der Waals surface area contributed by atoms with E-state index in [-0.39, 0.29) is 4.90 Å². The van der Waals surface area contributed by atoms with Crippen molar-refractivity contribution in [1.29, 1.82) is 0 Å². The smallest absolute Gasteiger partial charge is 0.261 e. The van der Waals surface area contributed by atoms with Crippen LogP contribution in [0, 0.1) is 5.92 Å². The van der Waals surface area contributed by atoms with Crippen molar-refractivity contribution < 1.29 is 8.42 Å². The molecule has 0 bridgehead atoms. The molecule has 3 nitrogen and oxygen atoms in total. The Morgan fingerprint density at radius 1 is 0.839 bits per heavy atom. The van der Waals surface area contributed by atoms with E-state index in [2.05, 4.69) is 23.8 Å². The molecule has 1 saturated carbocycles. The van der Waals surface area contributed by atoms with Gasteiger partial charge in [-0.2, -0.15) is 0 Å². The standard InChI is InChI=1S/C27H33NO2S/c1-2-3-4-7-21-10-12-23(13-11-21)24-14-17-26(18-15-24)28-31(29,30)27-19-16-22-8-5-6-9-25(22)20-27/h5-6,8-9,14-21,23,28H,2-4,7,10-13H2,1H3. The summed E-state index contributed by atoms with van der Waals surface area (Å²) in [6.07, 6.45) is 10.6. The second-order valence-corrected chi connectivity index (χ2v) is 10.6. The Morgan fingerprint density at radius 2 is 1.55 bits per heavy atom. The summed E-state index contributed by atoms with van der Waals surface area (Å²) in [7, 11) is -3.61. The minimum atomic E-state index is -3.61. The summed E-state index contributed by atoms with van der Waals surface area (Å²) in [4.78, 5) is 0.289. The monoisotopic (exact) mass is 435 g/mol. The van der Waals surface area contributed by atoms with Crippen molar-refractivity contribution in [2.45, 2.75) is 69.1 Å². The zero-order chi connectivity index (χ0) is 21.7. The van der Waals surface area contributed by atoms with Crippen molar-refractivity contribution in [3.8, 4) is 0 Å². The van der Waals surface area contributed by atoms with E-state index in [4.69, 9.17) is 0 Å². The fourth-order valence-corrected chi connectivity index (χ4v) is 5.93. The first-order chi connectivity index (χ1) is 15.0. The van der Waals surface area contributed by atoms with E-state index in [0.29, 0.717) is 11.6 Å². The Bertz CT molecular complexity index is 1100. The van der Waals surface area contributed by atoms with Crippen molar-refractivity contribution in [2.24, 2.45) is 5.92 Å². The van der Waals surface area contributed by atoms with Gasteiger partial charge in [0.2, 0.25) is 0 Å². The van der Waals surface area contributed by atoms with Crippen LogP contribution in [0.25, 0.3) is 10.8 Å². The zero-order valence-electron chi connectivity index (χ0n) is 18.4. The van der Waals surface area contributed by atoms with Gasteiger partial charge >= 0.3 is 0 Å². The van der Waals surface area contributed by atoms with E-state index in [0.717, 1.165) is 16.7 Å². The van der Waals surface area contributed by atoms with Crippen molar-refractivity contribution in [3.63, 3.8) is 0 Å². The highest BCUT2D eigenvalue weighted by Crippen LogP contribution is 2.38. The van der Waals surface area contributed by atoms with Gasteiger partial charge in [-0.25, -0.2) is 8.42 Å². The van der Waals surface area contributed by atoms with Gasteiger partial charge in [0.1, 0.15) is 0 Å². The summed E-state index contributed by atoms with van der Waals surface area (Å²) in [5, 5.41) is 1.96. The molecular weight excluding hydrogens is 402 g/mol. The SMILES string of the molecule is CCCCCC1CCC(c2ccc(NS(=O)(=O)c3ccc4ccccc4c3)cc2)CC1. The van der Waals surface area contributed by atoms with Crippen LogP contribution in [0.3, 0.4) is 0 Å². The fourth-order valence-electron chi connectivity index (χ4n) is 4.84. The summed E-state index contributed by atoms with van der Waals surface area (Å²) in [5.41, 5.74) is 1.95. The van der Waals surface area contributed by atoms with Gasteiger partial charge in [-0.1, -0.05) is 75.1 Å². The zero-order valence-corrected chi connectivity index (χ0v) is 19.2. The maximum atomic E-state index is 12.9. The second kappa shape index (κ2) is 9.86. The Balaban J connectivity index is 1.38. The lowest BCUT2D eigenvalue weighted by molar-refractivity contribution is 0.303. The summed E-state index contributed by atoms with van der Waals surface area (Å²) in [6.45, 7) is 2.27. The average molecular weight is 436 g/mol. The molecule has 0 aromatic heterocycles. The molecule has 3 aromatic carbocycles. The average Bonchev–Trinajstić information content (AvgIpc) is 2.80. The quantitative estimate of drug-likeness (QED) is 0.372. The van der Waals surface area contributed by atoms with Crippen LogP contribution >= 0.6 is 0 Å². The first-order valence-corrected chi connectivity index (χ1v) is 13.1. The third kappa shape index (κ3) is 5.48. The third-order valence-electron chi connectivity index (χ3n) is 6.73. The van der Waals surface area contributed by atoms with Crippen molar-refractivity contribution in [3.05, 3.63) is 72.3 Å². The molecular formula is C27H33NO2S. The molecule has 0 unspecified atom stereocenters. The molecule has 0 saturated heterocycles. The van der Waals surface area contributed by atoms with Crippen molar-refractivity contribution >= 4 is 26.5 Å². The molecule has 31 heavy (non-hydrogen) atoms. The number of unbranched alkanes of at least 4 members (excludes halogenated alkanes) is 2. The molecule has 1 fully saturated rings. The van der Waals surface area contributed by atoms with Crippen LogP contribution in [-0.2, 0) is 10.0 Å². The Labute approximate surface area is 186 Å². The van der Waals surface area contributed by atoms with Crippen LogP contribution in [-0.4, -0.2) is 8.42 Å². The highest BCUT2D eigenvalue weighted by molar-refractivity contribution is 7.92. The van der Waals surface area contributed by atoms with Crippen LogP contribution in [0.15, 0.2) is 71.6 Å². The van der Waals surface area contributed by atoms with Crippen molar-refractivity contribution in [2.75, 3.05) is 4.72 Å². The van der Waals surface area contributed by atoms with E-state index in [9.17, 15) is 8.42 Å². The van der Waals surface area contributed by atoms with Crippen LogP contribution in [0.2, 0.25) is 0 Å². The summed E-state index contributed by atoms with van der Waals surface area (Å²) in [6, 6.07) is 21.0. The Morgan fingerprint density at radius 3 is 2.26 bits per heavy atom. The van der Waals surface area contributed by atoms with E-state index in [1.54, 1.807) is 12.1 Å². The van der Waals surface area contributed by atoms with Gasteiger partial charge in [0, 0.05) is 5.69 Å². The number of fused-ring (bicyclic) bond motifs is 1. The van der Waals surface area contributed by atoms with Gasteiger partial charge in [0.25, 0.3) is 10.0 Å². The van der Waals surface area contributed by atoms with Gasteiger partial charge < -0.3 is 0 Å². The minimum Gasteiger partial charge on any atom is -0.280 e.